The van der Waals surface area contributed by atoms with Gasteiger partial charge in [0.05, 0.1) is 34.9 Å². The number of aryl methyl sites for hydroxylation is 1. The van der Waals surface area contributed by atoms with Gasteiger partial charge in [0, 0.05) is 11.8 Å². The van der Waals surface area contributed by atoms with Gasteiger partial charge in [-0.2, -0.15) is 5.10 Å². The van der Waals surface area contributed by atoms with E-state index in [1.54, 1.807) is 23.1 Å². The van der Waals surface area contributed by atoms with E-state index in [1.165, 1.54) is 0 Å². The maximum atomic E-state index is 9.24. The van der Waals surface area contributed by atoms with Gasteiger partial charge in [0.1, 0.15) is 0 Å². The zero-order valence-electron chi connectivity index (χ0n) is 9.11. The summed E-state index contributed by atoms with van der Waals surface area (Å²) in [7, 11) is 0. The number of rotatable bonds is 2. The quantitative estimate of drug-likeness (QED) is 0.870. The van der Waals surface area contributed by atoms with E-state index >= 15 is 0 Å². The summed E-state index contributed by atoms with van der Waals surface area (Å²) in [5.74, 6) is 0. The standard InChI is InChI=1S/C11H12ClN3O/c1-7-11(12)8(2)15(14-7)10-5-13-4-3-9(10)6-16/h3-5,16H,6H2,1-2H3. The van der Waals surface area contributed by atoms with Gasteiger partial charge in [0.15, 0.2) is 0 Å². The maximum Gasteiger partial charge on any atom is 0.0887 e. The first-order valence-electron chi connectivity index (χ1n) is 4.91. The van der Waals surface area contributed by atoms with Crippen LogP contribution in [0.15, 0.2) is 18.5 Å². The highest BCUT2D eigenvalue weighted by molar-refractivity contribution is 6.31. The second-order valence-electron chi connectivity index (χ2n) is 3.56. The van der Waals surface area contributed by atoms with Crippen molar-refractivity contribution in [2.24, 2.45) is 0 Å². The van der Waals surface area contributed by atoms with E-state index in [0.29, 0.717) is 5.02 Å². The summed E-state index contributed by atoms with van der Waals surface area (Å²) in [5, 5.41) is 14.2. The van der Waals surface area contributed by atoms with Gasteiger partial charge >= 0.3 is 0 Å². The lowest BCUT2D eigenvalue weighted by Crippen LogP contribution is -2.04. The van der Waals surface area contributed by atoms with Crippen LogP contribution in [0.4, 0.5) is 0 Å². The zero-order valence-corrected chi connectivity index (χ0v) is 9.86. The summed E-state index contributed by atoms with van der Waals surface area (Å²) in [6, 6.07) is 1.76. The van der Waals surface area contributed by atoms with Crippen LogP contribution in [0, 0.1) is 13.8 Å². The van der Waals surface area contributed by atoms with Crippen molar-refractivity contribution in [1.82, 2.24) is 14.8 Å². The largest absolute Gasteiger partial charge is 0.392 e. The van der Waals surface area contributed by atoms with E-state index in [1.807, 2.05) is 13.8 Å². The van der Waals surface area contributed by atoms with Gasteiger partial charge in [-0.25, -0.2) is 4.68 Å². The Kier molecular flexibility index (Phi) is 2.94. The predicted molar refractivity (Wildman–Crippen MR) is 61.8 cm³/mol. The van der Waals surface area contributed by atoms with Gasteiger partial charge in [0.25, 0.3) is 0 Å². The van der Waals surface area contributed by atoms with E-state index in [9.17, 15) is 5.11 Å². The Hall–Kier alpha value is -1.39. The van der Waals surface area contributed by atoms with Crippen molar-refractivity contribution in [2.45, 2.75) is 20.5 Å². The Morgan fingerprint density at radius 3 is 2.75 bits per heavy atom. The van der Waals surface area contributed by atoms with Crippen LogP contribution in [0.3, 0.4) is 0 Å². The van der Waals surface area contributed by atoms with Crippen molar-refractivity contribution in [1.29, 1.82) is 0 Å². The molecule has 0 fully saturated rings. The van der Waals surface area contributed by atoms with E-state index in [-0.39, 0.29) is 6.61 Å². The van der Waals surface area contributed by atoms with Crippen molar-refractivity contribution in [2.75, 3.05) is 0 Å². The first-order chi connectivity index (χ1) is 7.65. The molecule has 84 valence electrons. The number of nitrogens with zero attached hydrogens (tertiary/aromatic N) is 3. The molecule has 0 aliphatic carbocycles. The monoisotopic (exact) mass is 237 g/mol. The van der Waals surface area contributed by atoms with Gasteiger partial charge in [-0.05, 0) is 19.9 Å². The molecule has 16 heavy (non-hydrogen) atoms. The Labute approximate surface area is 98.5 Å². The molecule has 2 aromatic heterocycles. The third kappa shape index (κ3) is 1.70. The van der Waals surface area contributed by atoms with Crippen molar-refractivity contribution < 1.29 is 5.11 Å². The minimum absolute atomic E-state index is 0.0478. The molecule has 2 aromatic rings. The van der Waals surface area contributed by atoms with Gasteiger partial charge in [-0.1, -0.05) is 11.6 Å². The molecule has 0 bridgehead atoms. The molecule has 0 saturated heterocycles. The Morgan fingerprint density at radius 2 is 2.19 bits per heavy atom. The second kappa shape index (κ2) is 4.23. The summed E-state index contributed by atoms with van der Waals surface area (Å²) in [5.41, 5.74) is 3.16. The first-order valence-corrected chi connectivity index (χ1v) is 5.28. The van der Waals surface area contributed by atoms with Crippen LogP contribution < -0.4 is 0 Å². The van der Waals surface area contributed by atoms with Gasteiger partial charge in [-0.3, -0.25) is 4.98 Å². The molecule has 0 spiro atoms. The summed E-state index contributed by atoms with van der Waals surface area (Å²) >= 11 is 6.08. The number of aliphatic hydroxyl groups is 1. The van der Waals surface area contributed by atoms with Crippen LogP contribution in [0.1, 0.15) is 17.0 Å². The third-order valence-corrected chi connectivity index (χ3v) is 3.04. The lowest BCUT2D eigenvalue weighted by molar-refractivity contribution is 0.281. The molecule has 1 N–H and O–H groups in total. The Morgan fingerprint density at radius 1 is 1.44 bits per heavy atom. The average Bonchev–Trinajstić information content (AvgIpc) is 2.57. The first kappa shape index (κ1) is 11.1. The molecule has 2 rings (SSSR count). The predicted octanol–water partition coefficient (Wildman–Crippen LogP) is 2.03. The minimum atomic E-state index is -0.0478. The smallest absolute Gasteiger partial charge is 0.0887 e. The molecule has 0 radical (unpaired) electrons. The number of pyridine rings is 1. The molecule has 0 aromatic carbocycles. The SMILES string of the molecule is Cc1nn(-c2cnccc2CO)c(C)c1Cl. The number of halogens is 1. The lowest BCUT2D eigenvalue weighted by Gasteiger charge is -2.08. The van der Waals surface area contributed by atoms with Crippen molar-refractivity contribution in [3.8, 4) is 5.69 Å². The molecule has 2 heterocycles. The molecule has 0 atom stereocenters. The molecular weight excluding hydrogens is 226 g/mol. The van der Waals surface area contributed by atoms with E-state index in [4.69, 9.17) is 11.6 Å². The Balaban J connectivity index is 2.63. The van der Waals surface area contributed by atoms with Crippen LogP contribution in [-0.4, -0.2) is 19.9 Å². The van der Waals surface area contributed by atoms with Crippen molar-refractivity contribution >= 4 is 11.6 Å². The van der Waals surface area contributed by atoms with E-state index in [2.05, 4.69) is 10.1 Å². The van der Waals surface area contributed by atoms with Gasteiger partial charge in [-0.15, -0.1) is 0 Å². The highest BCUT2D eigenvalue weighted by Crippen LogP contribution is 2.23. The highest BCUT2D eigenvalue weighted by Gasteiger charge is 2.13. The lowest BCUT2D eigenvalue weighted by atomic mass is 10.2. The van der Waals surface area contributed by atoms with Crippen LogP contribution in [0.5, 0.6) is 0 Å². The van der Waals surface area contributed by atoms with Crippen LogP contribution in [0.2, 0.25) is 5.02 Å². The molecule has 0 amide bonds. The summed E-state index contributed by atoms with van der Waals surface area (Å²) in [6.07, 6.45) is 3.31. The second-order valence-corrected chi connectivity index (χ2v) is 3.94. The van der Waals surface area contributed by atoms with Gasteiger partial charge < -0.3 is 5.11 Å². The van der Waals surface area contributed by atoms with Crippen LogP contribution in [-0.2, 0) is 6.61 Å². The number of hydrogen-bond donors (Lipinski definition) is 1. The molecule has 0 aliphatic rings. The molecule has 5 heteroatoms. The minimum Gasteiger partial charge on any atom is -0.392 e. The fourth-order valence-corrected chi connectivity index (χ4v) is 1.72. The van der Waals surface area contributed by atoms with Crippen molar-refractivity contribution in [3.05, 3.63) is 40.4 Å². The molecule has 0 unspecified atom stereocenters. The third-order valence-electron chi connectivity index (χ3n) is 2.49. The number of aliphatic hydroxyl groups excluding tert-OH is 1. The normalized spacial score (nSPS) is 10.8. The average molecular weight is 238 g/mol. The molecule has 0 aliphatic heterocycles. The van der Waals surface area contributed by atoms with Crippen LogP contribution >= 0.6 is 11.6 Å². The van der Waals surface area contributed by atoms with E-state index < -0.39 is 0 Å². The van der Waals surface area contributed by atoms with Gasteiger partial charge in [0.2, 0.25) is 0 Å². The summed E-state index contributed by atoms with van der Waals surface area (Å²) in [4.78, 5) is 4.03. The number of aromatic nitrogens is 3. The summed E-state index contributed by atoms with van der Waals surface area (Å²) in [6.45, 7) is 3.69. The highest BCUT2D eigenvalue weighted by atomic mass is 35.5. The maximum absolute atomic E-state index is 9.24. The summed E-state index contributed by atoms with van der Waals surface area (Å²) < 4.78 is 1.70. The zero-order chi connectivity index (χ0) is 11.7. The molecular formula is C11H12ClN3O. The topological polar surface area (TPSA) is 50.9 Å². The van der Waals surface area contributed by atoms with Crippen LogP contribution in [0.25, 0.3) is 5.69 Å². The van der Waals surface area contributed by atoms with Crippen molar-refractivity contribution in [3.63, 3.8) is 0 Å². The fourth-order valence-electron chi connectivity index (χ4n) is 1.60. The fraction of sp³-hybridized carbons (Fsp3) is 0.273. The number of hydrogen-bond acceptors (Lipinski definition) is 3. The molecule has 0 saturated carbocycles. The van der Waals surface area contributed by atoms with E-state index in [0.717, 1.165) is 22.6 Å². The molecule has 4 nitrogen and oxygen atoms in total. The Bertz CT molecular complexity index is 522.